The highest BCUT2D eigenvalue weighted by atomic mass is 19.4. The third kappa shape index (κ3) is 3.83. The van der Waals surface area contributed by atoms with Gasteiger partial charge in [-0.1, -0.05) is 6.07 Å². The van der Waals surface area contributed by atoms with Crippen molar-refractivity contribution < 1.29 is 32.3 Å². The highest BCUT2D eigenvalue weighted by Gasteiger charge is 2.49. The summed E-state index contributed by atoms with van der Waals surface area (Å²) in [6, 6.07) is 0.383. The number of hydrogen-bond acceptors (Lipinski definition) is 6. The average Bonchev–Trinajstić information content (AvgIpc) is 2.91. The van der Waals surface area contributed by atoms with Gasteiger partial charge < -0.3 is 5.73 Å². The lowest BCUT2D eigenvalue weighted by Crippen LogP contribution is -2.58. The summed E-state index contributed by atoms with van der Waals surface area (Å²) in [4.78, 5) is 51.2. The van der Waals surface area contributed by atoms with Gasteiger partial charge in [0.15, 0.2) is 0 Å². The van der Waals surface area contributed by atoms with E-state index in [4.69, 9.17) is 5.73 Å². The molecule has 4 rings (SSSR count). The monoisotopic (exact) mass is 438 g/mol. The molecule has 3 aliphatic rings. The highest BCUT2D eigenvalue weighted by molar-refractivity contribution is 6.23. The molecule has 2 saturated heterocycles. The molecule has 3 N–H and O–H groups in total. The number of amides is 4. The second kappa shape index (κ2) is 7.72. The number of nitrogens with one attached hydrogen (secondary N) is 1. The van der Waals surface area contributed by atoms with Gasteiger partial charge in [0.05, 0.1) is 11.1 Å². The number of hydrogen-bond donors (Lipinski definition) is 2. The molecule has 166 valence electrons. The zero-order valence-corrected chi connectivity index (χ0v) is 16.4. The van der Waals surface area contributed by atoms with E-state index in [1.807, 2.05) is 0 Å². The predicted molar refractivity (Wildman–Crippen MR) is 101 cm³/mol. The zero-order chi connectivity index (χ0) is 22.5. The summed E-state index contributed by atoms with van der Waals surface area (Å²) in [6.45, 7) is 0.134. The van der Waals surface area contributed by atoms with Crippen LogP contribution in [-0.2, 0) is 16.1 Å². The van der Waals surface area contributed by atoms with Crippen molar-refractivity contribution in [2.45, 2.75) is 56.5 Å². The number of halogens is 3. The molecular weight excluding hydrogens is 417 g/mol. The van der Waals surface area contributed by atoms with Gasteiger partial charge in [-0.05, 0) is 43.5 Å². The van der Waals surface area contributed by atoms with Crippen molar-refractivity contribution in [1.29, 1.82) is 0 Å². The summed E-state index contributed by atoms with van der Waals surface area (Å²) in [5.41, 5.74) is 6.30. The molecular formula is C20H21F3N4O4. The molecule has 3 heterocycles. The molecule has 31 heavy (non-hydrogen) atoms. The Morgan fingerprint density at radius 1 is 1.06 bits per heavy atom. The van der Waals surface area contributed by atoms with E-state index in [1.165, 1.54) is 23.1 Å². The molecule has 1 aromatic rings. The zero-order valence-electron chi connectivity index (χ0n) is 16.4. The number of rotatable bonds is 3. The Labute approximate surface area is 175 Å². The molecule has 0 bridgehead atoms. The largest absolute Gasteiger partial charge is 0.405 e. The summed E-state index contributed by atoms with van der Waals surface area (Å²) < 4.78 is 40.5. The van der Waals surface area contributed by atoms with E-state index >= 15 is 0 Å². The second-order valence-corrected chi connectivity index (χ2v) is 8.09. The number of benzene rings is 1. The SMILES string of the molecule is NC1CCCN(Cc2ccc3c(c2)C(=O)N(C2CCC(=O)NC2=O)C3=O)C1C(F)(F)F. The van der Waals surface area contributed by atoms with Crippen LogP contribution in [-0.4, -0.2) is 64.3 Å². The van der Waals surface area contributed by atoms with Crippen molar-refractivity contribution in [3.05, 3.63) is 34.9 Å². The maximum absolute atomic E-state index is 13.5. The minimum absolute atomic E-state index is 0.00308. The maximum Gasteiger partial charge on any atom is 0.405 e. The minimum atomic E-state index is -4.48. The lowest BCUT2D eigenvalue weighted by molar-refractivity contribution is -0.197. The Hall–Kier alpha value is -2.79. The highest BCUT2D eigenvalue weighted by Crippen LogP contribution is 2.33. The van der Waals surface area contributed by atoms with Gasteiger partial charge >= 0.3 is 6.18 Å². The van der Waals surface area contributed by atoms with Crippen molar-refractivity contribution in [3.8, 4) is 0 Å². The van der Waals surface area contributed by atoms with E-state index in [-0.39, 0.29) is 43.5 Å². The average molecular weight is 438 g/mol. The van der Waals surface area contributed by atoms with Crippen LogP contribution >= 0.6 is 0 Å². The van der Waals surface area contributed by atoms with E-state index in [0.717, 1.165) is 4.90 Å². The van der Waals surface area contributed by atoms with Crippen molar-refractivity contribution in [3.63, 3.8) is 0 Å². The lowest BCUT2D eigenvalue weighted by atomic mass is 9.95. The second-order valence-electron chi connectivity index (χ2n) is 8.09. The first-order valence-corrected chi connectivity index (χ1v) is 9.99. The van der Waals surface area contributed by atoms with Crippen LogP contribution in [0, 0.1) is 0 Å². The van der Waals surface area contributed by atoms with Crippen LogP contribution in [0.15, 0.2) is 18.2 Å². The number of imide groups is 2. The molecule has 3 unspecified atom stereocenters. The van der Waals surface area contributed by atoms with Gasteiger partial charge in [-0.25, -0.2) is 0 Å². The summed E-state index contributed by atoms with van der Waals surface area (Å²) in [7, 11) is 0. The van der Waals surface area contributed by atoms with Crippen molar-refractivity contribution in [2.75, 3.05) is 6.54 Å². The van der Waals surface area contributed by atoms with E-state index in [1.54, 1.807) is 0 Å². The molecule has 4 amide bonds. The van der Waals surface area contributed by atoms with Gasteiger partial charge in [0.1, 0.15) is 12.1 Å². The Bertz CT molecular complexity index is 964. The first-order valence-electron chi connectivity index (χ1n) is 9.99. The molecule has 0 aromatic heterocycles. The van der Waals surface area contributed by atoms with Gasteiger partial charge in [-0.2, -0.15) is 13.2 Å². The van der Waals surface area contributed by atoms with Crippen molar-refractivity contribution in [2.24, 2.45) is 5.73 Å². The number of nitrogens with zero attached hydrogens (tertiary/aromatic N) is 2. The minimum Gasteiger partial charge on any atom is -0.326 e. The normalized spacial score (nSPS) is 27.5. The maximum atomic E-state index is 13.5. The summed E-state index contributed by atoms with van der Waals surface area (Å²) >= 11 is 0. The summed E-state index contributed by atoms with van der Waals surface area (Å²) in [6.07, 6.45) is -3.64. The number of likely N-dealkylation sites (tertiary alicyclic amines) is 1. The molecule has 3 atom stereocenters. The van der Waals surface area contributed by atoms with Crippen LogP contribution in [0.5, 0.6) is 0 Å². The molecule has 0 saturated carbocycles. The standard InChI is InChI=1S/C20H21F3N4O4/c21-20(22,23)16-13(24)2-1-7-26(16)9-10-3-4-11-12(8-10)19(31)27(18(11)30)14-5-6-15(28)25-17(14)29/h3-4,8,13-14,16H,1-2,5-7,9,24H2,(H,25,28,29). The number of alkyl halides is 3. The molecule has 0 spiro atoms. The van der Waals surface area contributed by atoms with Crippen LogP contribution in [0.2, 0.25) is 0 Å². The van der Waals surface area contributed by atoms with Gasteiger partial charge in [0.25, 0.3) is 11.8 Å². The first kappa shape index (κ1) is 21.4. The van der Waals surface area contributed by atoms with E-state index in [2.05, 4.69) is 5.32 Å². The molecule has 0 radical (unpaired) electrons. The fourth-order valence-electron chi connectivity index (χ4n) is 4.58. The Morgan fingerprint density at radius 2 is 1.77 bits per heavy atom. The van der Waals surface area contributed by atoms with Crippen LogP contribution < -0.4 is 11.1 Å². The predicted octanol–water partition coefficient (Wildman–Crippen LogP) is 0.942. The Morgan fingerprint density at radius 3 is 2.45 bits per heavy atom. The van der Waals surface area contributed by atoms with E-state index in [0.29, 0.717) is 12.0 Å². The van der Waals surface area contributed by atoms with Crippen LogP contribution in [0.4, 0.5) is 13.2 Å². The number of piperidine rings is 2. The topological polar surface area (TPSA) is 113 Å². The Balaban J connectivity index is 1.57. The molecule has 8 nitrogen and oxygen atoms in total. The molecule has 3 aliphatic heterocycles. The fourth-order valence-corrected chi connectivity index (χ4v) is 4.58. The smallest absolute Gasteiger partial charge is 0.326 e. The number of fused-ring (bicyclic) bond motifs is 1. The van der Waals surface area contributed by atoms with Crippen LogP contribution in [0.3, 0.4) is 0 Å². The quantitative estimate of drug-likeness (QED) is 0.680. The number of carbonyl (C=O) groups is 4. The fraction of sp³-hybridized carbons (Fsp3) is 0.500. The van der Waals surface area contributed by atoms with Gasteiger partial charge in [-0.15, -0.1) is 0 Å². The van der Waals surface area contributed by atoms with Crippen LogP contribution in [0.25, 0.3) is 0 Å². The van der Waals surface area contributed by atoms with Gasteiger partial charge in [0.2, 0.25) is 11.8 Å². The first-order chi connectivity index (χ1) is 14.6. The third-order valence-electron chi connectivity index (χ3n) is 6.01. The van der Waals surface area contributed by atoms with Gasteiger partial charge in [0, 0.05) is 19.0 Å². The van der Waals surface area contributed by atoms with E-state index in [9.17, 15) is 32.3 Å². The van der Waals surface area contributed by atoms with Gasteiger partial charge in [-0.3, -0.25) is 34.3 Å². The van der Waals surface area contributed by atoms with Crippen molar-refractivity contribution >= 4 is 23.6 Å². The Kier molecular flexibility index (Phi) is 5.34. The lowest BCUT2D eigenvalue weighted by Gasteiger charge is -2.40. The third-order valence-corrected chi connectivity index (χ3v) is 6.01. The van der Waals surface area contributed by atoms with E-state index < -0.39 is 47.9 Å². The molecule has 0 aliphatic carbocycles. The summed E-state index contributed by atoms with van der Waals surface area (Å²) in [5.74, 6) is -2.55. The molecule has 2 fully saturated rings. The van der Waals surface area contributed by atoms with Crippen LogP contribution in [0.1, 0.15) is 52.0 Å². The molecule has 11 heteroatoms. The van der Waals surface area contributed by atoms with Crippen molar-refractivity contribution in [1.82, 2.24) is 15.1 Å². The number of carbonyl (C=O) groups excluding carboxylic acids is 4. The summed E-state index contributed by atoms with van der Waals surface area (Å²) in [5, 5.41) is 2.11. The number of nitrogens with two attached hydrogens (primary N) is 1. The molecule has 1 aromatic carbocycles.